The smallest absolute Gasteiger partial charge is 0.117 e. The molecule has 0 atom stereocenters. The molecule has 0 bridgehead atoms. The van der Waals surface area contributed by atoms with Crippen molar-refractivity contribution in [1.29, 1.82) is 0 Å². The van der Waals surface area contributed by atoms with Gasteiger partial charge in [0.2, 0.25) is 0 Å². The van der Waals surface area contributed by atoms with Gasteiger partial charge in [-0.25, -0.2) is 9.37 Å². The van der Waals surface area contributed by atoms with Crippen LogP contribution in [0.3, 0.4) is 0 Å². The third-order valence-corrected chi connectivity index (χ3v) is 3.25. The highest BCUT2D eigenvalue weighted by molar-refractivity contribution is 5.76. The second kappa shape index (κ2) is 5.92. The minimum Gasteiger partial charge on any atom is -0.342 e. The first-order valence-corrected chi connectivity index (χ1v) is 7.23. The number of benzene rings is 1. The zero-order chi connectivity index (χ0) is 14.8. The van der Waals surface area contributed by atoms with Gasteiger partial charge in [0.05, 0.1) is 11.0 Å². The fourth-order valence-electron chi connectivity index (χ4n) is 2.12. The standard InChI is InChI=1S/C16H24FN3/c1-11(2)15-19-13-6-5-12(9-14(13)20-15)7-8-18-10-16(3,4)17/h5-6,9,11,18H,7-8,10H2,1-4H3,(H,19,20). The molecule has 1 aromatic heterocycles. The highest BCUT2D eigenvalue weighted by Gasteiger charge is 2.13. The largest absolute Gasteiger partial charge is 0.342 e. The zero-order valence-electron chi connectivity index (χ0n) is 12.8. The molecule has 2 N–H and O–H groups in total. The van der Waals surface area contributed by atoms with Crippen LogP contribution in [0.4, 0.5) is 4.39 Å². The fourth-order valence-corrected chi connectivity index (χ4v) is 2.12. The van der Waals surface area contributed by atoms with E-state index in [0.717, 1.165) is 29.8 Å². The first-order chi connectivity index (χ1) is 9.35. The molecule has 0 spiro atoms. The third kappa shape index (κ3) is 4.04. The van der Waals surface area contributed by atoms with Gasteiger partial charge in [0.1, 0.15) is 11.5 Å². The van der Waals surface area contributed by atoms with E-state index in [4.69, 9.17) is 0 Å². The van der Waals surface area contributed by atoms with Crippen LogP contribution in [0, 0.1) is 0 Å². The van der Waals surface area contributed by atoms with Gasteiger partial charge in [0.25, 0.3) is 0 Å². The molecule has 0 saturated heterocycles. The van der Waals surface area contributed by atoms with Crippen molar-refractivity contribution < 1.29 is 4.39 Å². The van der Waals surface area contributed by atoms with E-state index in [2.05, 4.69) is 41.3 Å². The van der Waals surface area contributed by atoms with Gasteiger partial charge in [-0.15, -0.1) is 0 Å². The van der Waals surface area contributed by atoms with Crippen LogP contribution in [0.2, 0.25) is 0 Å². The van der Waals surface area contributed by atoms with Gasteiger partial charge in [-0.05, 0) is 44.5 Å². The van der Waals surface area contributed by atoms with E-state index >= 15 is 0 Å². The highest BCUT2D eigenvalue weighted by Crippen LogP contribution is 2.18. The lowest BCUT2D eigenvalue weighted by molar-refractivity contribution is 0.211. The number of rotatable bonds is 6. The molecule has 3 nitrogen and oxygen atoms in total. The molecule has 4 heteroatoms. The lowest BCUT2D eigenvalue weighted by atomic mass is 10.1. The molecule has 2 aromatic rings. The quantitative estimate of drug-likeness (QED) is 0.793. The van der Waals surface area contributed by atoms with Crippen LogP contribution in [-0.2, 0) is 6.42 Å². The summed E-state index contributed by atoms with van der Waals surface area (Å²) in [6.07, 6.45) is 0.891. The summed E-state index contributed by atoms with van der Waals surface area (Å²) in [5.74, 6) is 1.42. The molecule has 0 aliphatic carbocycles. The van der Waals surface area contributed by atoms with Crippen LogP contribution in [0.15, 0.2) is 18.2 Å². The molecular weight excluding hydrogens is 253 g/mol. The van der Waals surface area contributed by atoms with Crippen LogP contribution < -0.4 is 5.32 Å². The number of aromatic nitrogens is 2. The Balaban J connectivity index is 1.97. The number of nitrogens with zero attached hydrogens (tertiary/aromatic N) is 1. The molecule has 1 heterocycles. The number of imidazole rings is 1. The molecule has 0 fully saturated rings. The molecule has 0 aliphatic rings. The number of hydrogen-bond donors (Lipinski definition) is 2. The molecular formula is C16H24FN3. The number of aromatic amines is 1. The molecule has 110 valence electrons. The molecule has 0 amide bonds. The summed E-state index contributed by atoms with van der Waals surface area (Å²) >= 11 is 0. The summed E-state index contributed by atoms with van der Waals surface area (Å²) in [6, 6.07) is 6.28. The Kier molecular flexibility index (Phi) is 4.43. The summed E-state index contributed by atoms with van der Waals surface area (Å²) < 4.78 is 13.3. The van der Waals surface area contributed by atoms with Crippen LogP contribution in [0.25, 0.3) is 11.0 Å². The fraction of sp³-hybridized carbons (Fsp3) is 0.562. The Morgan fingerprint density at radius 3 is 2.75 bits per heavy atom. The second-order valence-electron chi connectivity index (χ2n) is 6.27. The summed E-state index contributed by atoms with van der Waals surface area (Å²) in [6.45, 7) is 8.59. The molecule has 0 saturated carbocycles. The van der Waals surface area contributed by atoms with Crippen molar-refractivity contribution in [1.82, 2.24) is 15.3 Å². The maximum atomic E-state index is 13.3. The summed E-state index contributed by atoms with van der Waals surface area (Å²) in [5, 5.41) is 3.14. The number of hydrogen-bond acceptors (Lipinski definition) is 2. The number of alkyl halides is 1. The van der Waals surface area contributed by atoms with Crippen molar-refractivity contribution in [3.63, 3.8) is 0 Å². The summed E-state index contributed by atoms with van der Waals surface area (Å²) in [7, 11) is 0. The van der Waals surface area contributed by atoms with Gasteiger partial charge < -0.3 is 10.3 Å². The molecule has 2 rings (SSSR count). The minimum absolute atomic E-state index is 0.386. The van der Waals surface area contributed by atoms with E-state index in [-0.39, 0.29) is 0 Å². The Hall–Kier alpha value is -1.42. The van der Waals surface area contributed by atoms with Crippen molar-refractivity contribution in [3.8, 4) is 0 Å². The molecule has 0 radical (unpaired) electrons. The number of halogens is 1. The lowest BCUT2D eigenvalue weighted by Gasteiger charge is -2.14. The average Bonchev–Trinajstić information content (AvgIpc) is 2.76. The van der Waals surface area contributed by atoms with Gasteiger partial charge >= 0.3 is 0 Å². The van der Waals surface area contributed by atoms with Crippen molar-refractivity contribution in [2.75, 3.05) is 13.1 Å². The van der Waals surface area contributed by atoms with Gasteiger partial charge in [-0.1, -0.05) is 19.9 Å². The van der Waals surface area contributed by atoms with Crippen LogP contribution in [0.5, 0.6) is 0 Å². The number of nitrogens with one attached hydrogen (secondary N) is 2. The first-order valence-electron chi connectivity index (χ1n) is 7.23. The Labute approximate surface area is 120 Å². The van der Waals surface area contributed by atoms with E-state index < -0.39 is 5.67 Å². The van der Waals surface area contributed by atoms with E-state index in [1.807, 2.05) is 6.07 Å². The van der Waals surface area contributed by atoms with Crippen molar-refractivity contribution >= 4 is 11.0 Å². The zero-order valence-corrected chi connectivity index (χ0v) is 12.8. The summed E-state index contributed by atoms with van der Waals surface area (Å²) in [4.78, 5) is 7.92. The van der Waals surface area contributed by atoms with E-state index in [9.17, 15) is 4.39 Å². The molecule has 0 aliphatic heterocycles. The lowest BCUT2D eigenvalue weighted by Crippen LogP contribution is -2.32. The SMILES string of the molecule is CC(C)c1nc2ccc(CCNCC(C)(C)F)cc2[nH]1. The predicted octanol–water partition coefficient (Wildman–Crippen LogP) is 3.57. The highest BCUT2D eigenvalue weighted by atomic mass is 19.1. The van der Waals surface area contributed by atoms with Crippen molar-refractivity contribution in [3.05, 3.63) is 29.6 Å². The van der Waals surface area contributed by atoms with E-state index in [0.29, 0.717) is 12.5 Å². The minimum atomic E-state index is -1.15. The normalized spacial score (nSPS) is 12.5. The maximum Gasteiger partial charge on any atom is 0.117 e. The van der Waals surface area contributed by atoms with E-state index in [1.165, 1.54) is 5.56 Å². The third-order valence-electron chi connectivity index (χ3n) is 3.25. The van der Waals surface area contributed by atoms with Crippen LogP contribution in [0.1, 0.15) is 45.0 Å². The van der Waals surface area contributed by atoms with Gasteiger partial charge in [0, 0.05) is 12.5 Å². The average molecular weight is 277 g/mol. The topological polar surface area (TPSA) is 40.7 Å². The van der Waals surface area contributed by atoms with Gasteiger partial charge in [-0.2, -0.15) is 0 Å². The van der Waals surface area contributed by atoms with E-state index in [1.54, 1.807) is 13.8 Å². The molecule has 1 aromatic carbocycles. The second-order valence-corrected chi connectivity index (χ2v) is 6.27. The van der Waals surface area contributed by atoms with Gasteiger partial charge in [0.15, 0.2) is 0 Å². The maximum absolute atomic E-state index is 13.3. The summed E-state index contributed by atoms with van der Waals surface area (Å²) in [5.41, 5.74) is 2.17. The monoisotopic (exact) mass is 277 g/mol. The Morgan fingerprint density at radius 1 is 1.35 bits per heavy atom. The Morgan fingerprint density at radius 2 is 2.10 bits per heavy atom. The number of H-pyrrole nitrogens is 1. The van der Waals surface area contributed by atoms with Gasteiger partial charge in [-0.3, -0.25) is 0 Å². The Bertz CT molecular complexity index is 567. The number of fused-ring (bicyclic) bond motifs is 1. The molecule has 20 heavy (non-hydrogen) atoms. The molecule has 0 unspecified atom stereocenters. The van der Waals surface area contributed by atoms with Crippen LogP contribution in [-0.4, -0.2) is 28.7 Å². The van der Waals surface area contributed by atoms with Crippen LogP contribution >= 0.6 is 0 Å². The first kappa shape index (κ1) is 15.0. The van der Waals surface area contributed by atoms with Crippen molar-refractivity contribution in [2.45, 2.75) is 45.7 Å². The predicted molar refractivity (Wildman–Crippen MR) is 81.9 cm³/mol. The van der Waals surface area contributed by atoms with Crippen molar-refractivity contribution in [2.24, 2.45) is 0 Å².